The van der Waals surface area contributed by atoms with Crippen LogP contribution in [0, 0.1) is 22.7 Å². The predicted octanol–water partition coefficient (Wildman–Crippen LogP) is 2.94. The molecule has 7 nitrogen and oxygen atoms in total. The summed E-state index contributed by atoms with van der Waals surface area (Å²) in [5, 5.41) is 12.1. The molecule has 7 heteroatoms. The molecule has 30 heavy (non-hydrogen) atoms. The van der Waals surface area contributed by atoms with E-state index in [1.165, 1.54) is 0 Å². The van der Waals surface area contributed by atoms with Crippen LogP contribution in [-0.4, -0.2) is 48.4 Å². The van der Waals surface area contributed by atoms with E-state index in [1.54, 1.807) is 0 Å². The van der Waals surface area contributed by atoms with E-state index in [4.69, 9.17) is 4.74 Å². The molecular weight excluding hydrogens is 380 g/mol. The number of carbonyl (C=O) groups is 2. The summed E-state index contributed by atoms with van der Waals surface area (Å²) < 4.78 is 6.43. The van der Waals surface area contributed by atoms with E-state index >= 15 is 0 Å². The number of ether oxygens (including phenoxy) is 1. The first kappa shape index (κ1) is 18.7. The molecular formula is C23H30N4O3. The predicted molar refractivity (Wildman–Crippen MR) is 109 cm³/mol. The Balaban J connectivity index is 1.29. The van der Waals surface area contributed by atoms with Crippen LogP contribution in [0.3, 0.4) is 0 Å². The lowest BCUT2D eigenvalue weighted by molar-refractivity contribution is -0.165. The van der Waals surface area contributed by atoms with Gasteiger partial charge in [-0.3, -0.25) is 9.59 Å². The number of azo groups is 1. The number of fused-ring (bicyclic) bond motifs is 2. The van der Waals surface area contributed by atoms with Crippen molar-refractivity contribution in [2.75, 3.05) is 26.2 Å². The van der Waals surface area contributed by atoms with E-state index < -0.39 is 5.41 Å². The molecule has 1 saturated carbocycles. The van der Waals surface area contributed by atoms with Gasteiger partial charge in [0.15, 0.2) is 11.6 Å². The molecule has 4 heterocycles. The molecule has 6 rings (SSSR count). The molecule has 2 aliphatic carbocycles. The molecule has 4 aliphatic heterocycles. The van der Waals surface area contributed by atoms with Gasteiger partial charge in [-0.05, 0) is 37.0 Å². The fourth-order valence-electron chi connectivity index (χ4n) is 6.72. The molecule has 2 saturated heterocycles. The summed E-state index contributed by atoms with van der Waals surface area (Å²) in [7, 11) is 0. The van der Waals surface area contributed by atoms with E-state index in [2.05, 4.69) is 36.3 Å². The highest BCUT2D eigenvalue weighted by Crippen LogP contribution is 2.58. The van der Waals surface area contributed by atoms with E-state index in [-0.39, 0.29) is 28.6 Å². The summed E-state index contributed by atoms with van der Waals surface area (Å²) in [6, 6.07) is 0. The summed E-state index contributed by atoms with van der Waals surface area (Å²) in [5.74, 6) is 2.20. The first-order valence-electron chi connectivity index (χ1n) is 11.3. The number of hydrogen-bond donors (Lipinski definition) is 1. The fraction of sp³-hybridized carbons (Fsp3) is 0.739. The van der Waals surface area contributed by atoms with Crippen molar-refractivity contribution in [3.63, 3.8) is 0 Å². The van der Waals surface area contributed by atoms with Crippen molar-refractivity contribution in [2.24, 2.45) is 32.9 Å². The van der Waals surface area contributed by atoms with Gasteiger partial charge in [0, 0.05) is 29.2 Å². The zero-order valence-electron chi connectivity index (χ0n) is 18.1. The van der Waals surface area contributed by atoms with Crippen LogP contribution in [-0.2, 0) is 14.3 Å². The minimum atomic E-state index is -0.437. The summed E-state index contributed by atoms with van der Waals surface area (Å²) in [4.78, 5) is 28.1. The summed E-state index contributed by atoms with van der Waals surface area (Å²) in [6.07, 6.45) is 4.17. The Morgan fingerprint density at radius 1 is 1.23 bits per heavy atom. The normalized spacial score (nSPS) is 37.8. The van der Waals surface area contributed by atoms with Crippen LogP contribution >= 0.6 is 0 Å². The third-order valence-corrected chi connectivity index (χ3v) is 8.13. The van der Waals surface area contributed by atoms with Gasteiger partial charge in [-0.25, -0.2) is 0 Å². The molecule has 0 aromatic carbocycles. The number of amides is 1. The SMILES string of the molecule is CC1CC(C(=O)N2CC3(C2)C[C@]2(CO3)C3=C(N=NC3)NC3=C2C(=O)CC(C)(C)C3)C1. The van der Waals surface area contributed by atoms with Gasteiger partial charge in [-0.15, -0.1) is 5.11 Å². The Morgan fingerprint density at radius 3 is 2.73 bits per heavy atom. The number of nitrogens with one attached hydrogen (secondary N) is 1. The van der Waals surface area contributed by atoms with E-state index in [0.717, 1.165) is 48.3 Å². The molecule has 0 aromatic heterocycles. The maximum atomic E-state index is 13.3. The van der Waals surface area contributed by atoms with Crippen LogP contribution < -0.4 is 5.32 Å². The summed E-state index contributed by atoms with van der Waals surface area (Å²) in [6.45, 7) is 8.80. The van der Waals surface area contributed by atoms with Crippen molar-refractivity contribution in [3.05, 3.63) is 22.7 Å². The number of rotatable bonds is 1. The average Bonchev–Trinajstić information content (AvgIpc) is 3.21. The highest BCUT2D eigenvalue weighted by molar-refractivity contribution is 6.00. The second kappa shape index (κ2) is 5.81. The highest BCUT2D eigenvalue weighted by atomic mass is 16.5. The van der Waals surface area contributed by atoms with Crippen molar-refractivity contribution >= 4 is 11.7 Å². The van der Waals surface area contributed by atoms with Crippen molar-refractivity contribution < 1.29 is 14.3 Å². The third kappa shape index (κ3) is 2.47. The first-order chi connectivity index (χ1) is 14.2. The quantitative estimate of drug-likeness (QED) is 0.720. The molecule has 1 atom stereocenters. The number of dihydropyridines is 1. The van der Waals surface area contributed by atoms with Gasteiger partial charge in [0.05, 0.1) is 31.7 Å². The van der Waals surface area contributed by atoms with E-state index in [0.29, 0.717) is 38.6 Å². The van der Waals surface area contributed by atoms with Gasteiger partial charge in [0.1, 0.15) is 5.60 Å². The van der Waals surface area contributed by atoms with Gasteiger partial charge in [-0.1, -0.05) is 20.8 Å². The third-order valence-electron chi connectivity index (χ3n) is 8.13. The van der Waals surface area contributed by atoms with Crippen molar-refractivity contribution in [1.29, 1.82) is 0 Å². The van der Waals surface area contributed by atoms with Gasteiger partial charge in [0.2, 0.25) is 5.91 Å². The first-order valence-corrected chi connectivity index (χ1v) is 11.3. The minimum absolute atomic E-state index is 0.0608. The number of ketones is 1. The van der Waals surface area contributed by atoms with Crippen LogP contribution in [0.25, 0.3) is 0 Å². The van der Waals surface area contributed by atoms with Crippen LogP contribution in [0.2, 0.25) is 0 Å². The lowest BCUT2D eigenvalue weighted by Gasteiger charge is -2.50. The highest BCUT2D eigenvalue weighted by Gasteiger charge is 2.63. The molecule has 160 valence electrons. The van der Waals surface area contributed by atoms with Gasteiger partial charge in [-0.2, -0.15) is 5.11 Å². The topological polar surface area (TPSA) is 83.4 Å². The number of Topliss-reactive ketones (excluding diaryl/α,β-unsaturated/α-hetero) is 1. The Labute approximate surface area is 177 Å². The molecule has 1 N–H and O–H groups in total. The van der Waals surface area contributed by atoms with Crippen molar-refractivity contribution in [2.45, 2.75) is 58.5 Å². The van der Waals surface area contributed by atoms with Gasteiger partial charge in [0.25, 0.3) is 0 Å². The lowest BCUT2D eigenvalue weighted by Crippen LogP contribution is -2.65. The van der Waals surface area contributed by atoms with Crippen LogP contribution in [0.1, 0.15) is 52.9 Å². The molecule has 6 aliphatic rings. The number of carbonyl (C=O) groups excluding carboxylic acids is 2. The molecule has 0 radical (unpaired) electrons. The number of nitrogens with zero attached hydrogens (tertiary/aromatic N) is 3. The smallest absolute Gasteiger partial charge is 0.225 e. The molecule has 0 aromatic rings. The molecule has 0 unspecified atom stereocenters. The Hall–Kier alpha value is -2.02. The average molecular weight is 411 g/mol. The number of likely N-dealkylation sites (tertiary alicyclic amines) is 1. The summed E-state index contributed by atoms with van der Waals surface area (Å²) in [5.41, 5.74) is 2.18. The van der Waals surface area contributed by atoms with E-state index in [1.807, 2.05) is 4.90 Å². The lowest BCUT2D eigenvalue weighted by atomic mass is 9.61. The molecule has 2 spiro atoms. The minimum Gasteiger partial charge on any atom is -0.370 e. The van der Waals surface area contributed by atoms with Crippen LogP contribution in [0.5, 0.6) is 0 Å². The molecule has 1 amide bonds. The maximum absolute atomic E-state index is 13.3. The fourth-order valence-corrected chi connectivity index (χ4v) is 6.72. The van der Waals surface area contributed by atoms with Crippen LogP contribution in [0.4, 0.5) is 0 Å². The second-order valence-electron chi connectivity index (χ2n) is 11.3. The summed E-state index contributed by atoms with van der Waals surface area (Å²) >= 11 is 0. The van der Waals surface area contributed by atoms with Crippen molar-refractivity contribution in [1.82, 2.24) is 10.2 Å². The zero-order valence-corrected chi connectivity index (χ0v) is 18.1. The van der Waals surface area contributed by atoms with Gasteiger partial charge >= 0.3 is 0 Å². The Morgan fingerprint density at radius 2 is 2.00 bits per heavy atom. The largest absolute Gasteiger partial charge is 0.370 e. The number of hydrogen-bond acceptors (Lipinski definition) is 6. The Kier molecular flexibility index (Phi) is 3.63. The van der Waals surface area contributed by atoms with Crippen molar-refractivity contribution in [3.8, 4) is 0 Å². The second-order valence-corrected chi connectivity index (χ2v) is 11.3. The van der Waals surface area contributed by atoms with Crippen LogP contribution in [0.15, 0.2) is 32.9 Å². The zero-order chi connectivity index (χ0) is 20.9. The Bertz CT molecular complexity index is 949. The standard InChI is InChI=1S/C23H30N4O3/c1-13-4-14(5-13)20(29)27-10-22(11-27)9-23(12-30-22)15-8-24-26-19(15)25-16-6-21(2,3)7-17(28)18(16)23/h13-14,25H,4-12H2,1-3H3/t13?,14?,23-/m0/s1. The van der Waals surface area contributed by atoms with Gasteiger partial charge < -0.3 is 15.0 Å². The molecule has 3 fully saturated rings. The monoisotopic (exact) mass is 410 g/mol. The molecule has 0 bridgehead atoms. The van der Waals surface area contributed by atoms with E-state index in [9.17, 15) is 9.59 Å². The maximum Gasteiger partial charge on any atom is 0.225 e. The number of allylic oxidation sites excluding steroid dienone is 1.